The zero-order valence-electron chi connectivity index (χ0n) is 10.9. The predicted octanol–water partition coefficient (Wildman–Crippen LogP) is 3.86. The second-order valence-corrected chi connectivity index (χ2v) is 6.61. The molecular formula is C16H18N2S. The fourth-order valence-electron chi connectivity index (χ4n) is 2.55. The molecule has 1 N–H and O–H groups in total. The quantitative estimate of drug-likeness (QED) is 0.892. The van der Waals surface area contributed by atoms with Gasteiger partial charge in [0.1, 0.15) is 5.01 Å². The van der Waals surface area contributed by atoms with E-state index < -0.39 is 0 Å². The number of nitrogens with one attached hydrogen (secondary N) is 1. The SMILES string of the molecule is c1csc(C(NC2CC2)c2ccc(C3CC3)cc2)n1. The van der Waals surface area contributed by atoms with Crippen LogP contribution in [0.1, 0.15) is 53.8 Å². The van der Waals surface area contributed by atoms with Crippen molar-refractivity contribution in [1.82, 2.24) is 10.3 Å². The molecule has 19 heavy (non-hydrogen) atoms. The smallest absolute Gasteiger partial charge is 0.114 e. The number of thiazole rings is 1. The standard InChI is InChI=1S/C16H18N2S/c1-2-11(1)12-3-5-13(6-4-12)15(18-14-7-8-14)16-17-9-10-19-16/h3-6,9-11,14-15,18H,1-2,7-8H2. The van der Waals surface area contributed by atoms with Gasteiger partial charge in [0.25, 0.3) is 0 Å². The molecule has 3 heteroatoms. The Morgan fingerprint density at radius 3 is 2.47 bits per heavy atom. The Kier molecular flexibility index (Phi) is 2.89. The molecule has 4 rings (SSSR count). The van der Waals surface area contributed by atoms with Crippen LogP contribution in [0.4, 0.5) is 0 Å². The Bertz CT molecular complexity index is 539. The molecule has 2 aromatic rings. The molecule has 0 amide bonds. The van der Waals surface area contributed by atoms with Crippen LogP contribution in [0.2, 0.25) is 0 Å². The van der Waals surface area contributed by atoms with Gasteiger partial charge in [0, 0.05) is 17.6 Å². The number of rotatable bonds is 5. The summed E-state index contributed by atoms with van der Waals surface area (Å²) in [5.74, 6) is 0.837. The molecule has 2 aliphatic rings. The first-order chi connectivity index (χ1) is 9.40. The first kappa shape index (κ1) is 11.6. The van der Waals surface area contributed by atoms with E-state index in [1.54, 1.807) is 11.3 Å². The highest BCUT2D eigenvalue weighted by molar-refractivity contribution is 7.09. The highest BCUT2D eigenvalue weighted by Gasteiger charge is 2.28. The zero-order valence-corrected chi connectivity index (χ0v) is 11.7. The fourth-order valence-corrected chi connectivity index (χ4v) is 3.27. The second-order valence-electron chi connectivity index (χ2n) is 5.69. The van der Waals surface area contributed by atoms with Gasteiger partial charge in [-0.05, 0) is 42.7 Å². The van der Waals surface area contributed by atoms with Gasteiger partial charge in [-0.15, -0.1) is 11.3 Å². The van der Waals surface area contributed by atoms with E-state index in [9.17, 15) is 0 Å². The third kappa shape index (κ3) is 2.58. The van der Waals surface area contributed by atoms with Crippen molar-refractivity contribution in [3.8, 4) is 0 Å². The van der Waals surface area contributed by atoms with Crippen LogP contribution < -0.4 is 5.32 Å². The van der Waals surface area contributed by atoms with E-state index in [-0.39, 0.29) is 6.04 Å². The lowest BCUT2D eigenvalue weighted by atomic mass is 10.0. The van der Waals surface area contributed by atoms with Crippen LogP contribution in [0, 0.1) is 0 Å². The van der Waals surface area contributed by atoms with E-state index in [4.69, 9.17) is 0 Å². The molecule has 98 valence electrons. The molecule has 1 heterocycles. The summed E-state index contributed by atoms with van der Waals surface area (Å²) in [5.41, 5.74) is 2.86. The van der Waals surface area contributed by atoms with Crippen molar-refractivity contribution in [1.29, 1.82) is 0 Å². The third-order valence-electron chi connectivity index (χ3n) is 4.00. The first-order valence-corrected chi connectivity index (χ1v) is 8.03. The van der Waals surface area contributed by atoms with Crippen molar-refractivity contribution in [2.24, 2.45) is 0 Å². The normalized spacial score (nSPS) is 20.4. The molecular weight excluding hydrogens is 252 g/mol. The highest BCUT2D eigenvalue weighted by Crippen LogP contribution is 2.40. The van der Waals surface area contributed by atoms with Gasteiger partial charge in [0.15, 0.2) is 0 Å². The lowest BCUT2D eigenvalue weighted by molar-refractivity contribution is 0.598. The van der Waals surface area contributed by atoms with Gasteiger partial charge >= 0.3 is 0 Å². The maximum Gasteiger partial charge on any atom is 0.114 e. The van der Waals surface area contributed by atoms with Crippen LogP contribution in [0.25, 0.3) is 0 Å². The number of nitrogens with zero attached hydrogens (tertiary/aromatic N) is 1. The van der Waals surface area contributed by atoms with Gasteiger partial charge in [-0.3, -0.25) is 0 Å². The third-order valence-corrected chi connectivity index (χ3v) is 4.84. The van der Waals surface area contributed by atoms with Crippen molar-refractivity contribution in [2.75, 3.05) is 0 Å². The molecule has 2 fully saturated rings. The minimum absolute atomic E-state index is 0.278. The molecule has 2 nitrogen and oxygen atoms in total. The Morgan fingerprint density at radius 2 is 1.89 bits per heavy atom. The Labute approximate surface area is 117 Å². The summed E-state index contributed by atoms with van der Waals surface area (Å²) in [4.78, 5) is 4.50. The molecule has 0 radical (unpaired) electrons. The van der Waals surface area contributed by atoms with Crippen LogP contribution in [0.3, 0.4) is 0 Å². The van der Waals surface area contributed by atoms with E-state index >= 15 is 0 Å². The van der Waals surface area contributed by atoms with Crippen LogP contribution in [0.15, 0.2) is 35.8 Å². The van der Waals surface area contributed by atoms with Gasteiger partial charge in [-0.25, -0.2) is 4.98 Å². The average Bonchev–Trinajstić information content (AvgIpc) is 3.37. The number of hydrogen-bond donors (Lipinski definition) is 1. The summed E-state index contributed by atoms with van der Waals surface area (Å²) in [6.45, 7) is 0. The fraction of sp³-hybridized carbons (Fsp3) is 0.438. The second kappa shape index (κ2) is 4.73. The Balaban J connectivity index is 1.61. The minimum atomic E-state index is 0.278. The molecule has 1 aromatic carbocycles. The molecule has 2 aliphatic carbocycles. The summed E-state index contributed by atoms with van der Waals surface area (Å²) in [7, 11) is 0. The molecule has 0 aliphatic heterocycles. The van der Waals surface area contributed by atoms with Gasteiger partial charge in [0.2, 0.25) is 0 Å². The van der Waals surface area contributed by atoms with Crippen LogP contribution in [-0.4, -0.2) is 11.0 Å². The summed E-state index contributed by atoms with van der Waals surface area (Å²) < 4.78 is 0. The molecule has 1 atom stereocenters. The van der Waals surface area contributed by atoms with Crippen LogP contribution in [-0.2, 0) is 0 Å². The first-order valence-electron chi connectivity index (χ1n) is 7.15. The van der Waals surface area contributed by atoms with E-state index in [0.29, 0.717) is 6.04 Å². The number of aromatic nitrogens is 1. The summed E-state index contributed by atoms with van der Waals surface area (Å²) in [6.07, 6.45) is 7.26. The van der Waals surface area contributed by atoms with Gasteiger partial charge < -0.3 is 5.32 Å². The van der Waals surface area contributed by atoms with Crippen molar-refractivity contribution in [2.45, 2.75) is 43.7 Å². The van der Waals surface area contributed by atoms with E-state index in [1.807, 2.05) is 6.20 Å². The average molecular weight is 270 g/mol. The van der Waals surface area contributed by atoms with E-state index in [2.05, 4.69) is 39.9 Å². The van der Waals surface area contributed by atoms with Crippen molar-refractivity contribution in [3.05, 3.63) is 52.0 Å². The molecule has 0 saturated heterocycles. The van der Waals surface area contributed by atoms with Crippen molar-refractivity contribution >= 4 is 11.3 Å². The number of hydrogen-bond acceptors (Lipinski definition) is 3. The topological polar surface area (TPSA) is 24.9 Å². The van der Waals surface area contributed by atoms with E-state index in [1.165, 1.54) is 41.8 Å². The lowest BCUT2D eigenvalue weighted by Gasteiger charge is -2.17. The molecule has 2 saturated carbocycles. The summed E-state index contributed by atoms with van der Waals surface area (Å²) in [6, 6.07) is 10.2. The zero-order chi connectivity index (χ0) is 12.7. The minimum Gasteiger partial charge on any atom is -0.301 e. The molecule has 0 spiro atoms. The van der Waals surface area contributed by atoms with Crippen molar-refractivity contribution in [3.63, 3.8) is 0 Å². The van der Waals surface area contributed by atoms with Crippen molar-refractivity contribution < 1.29 is 0 Å². The lowest BCUT2D eigenvalue weighted by Crippen LogP contribution is -2.24. The van der Waals surface area contributed by atoms with Gasteiger partial charge in [-0.2, -0.15) is 0 Å². The summed E-state index contributed by atoms with van der Waals surface area (Å²) in [5, 5.41) is 6.97. The monoisotopic (exact) mass is 270 g/mol. The molecule has 0 bridgehead atoms. The van der Waals surface area contributed by atoms with Crippen LogP contribution >= 0.6 is 11.3 Å². The maximum absolute atomic E-state index is 4.50. The van der Waals surface area contributed by atoms with Gasteiger partial charge in [0.05, 0.1) is 6.04 Å². The summed E-state index contributed by atoms with van der Waals surface area (Å²) >= 11 is 1.74. The predicted molar refractivity (Wildman–Crippen MR) is 78.5 cm³/mol. The largest absolute Gasteiger partial charge is 0.301 e. The van der Waals surface area contributed by atoms with Crippen LogP contribution in [0.5, 0.6) is 0 Å². The maximum atomic E-state index is 4.50. The molecule has 1 aromatic heterocycles. The molecule has 1 unspecified atom stereocenters. The Morgan fingerprint density at radius 1 is 1.11 bits per heavy atom. The highest BCUT2D eigenvalue weighted by atomic mass is 32.1. The number of benzene rings is 1. The Hall–Kier alpha value is -1.19. The van der Waals surface area contributed by atoms with Gasteiger partial charge in [-0.1, -0.05) is 24.3 Å². The van der Waals surface area contributed by atoms with E-state index in [0.717, 1.165) is 5.92 Å².